The molecule has 0 radical (unpaired) electrons. The fraction of sp³-hybridized carbons (Fsp3) is 0. The zero-order valence-electron chi connectivity index (χ0n) is 11.6. The number of anilines is 1. The molecule has 0 aromatic carbocycles. The molecule has 0 spiro atoms. The molecule has 6 nitrogen and oxygen atoms in total. The van der Waals surface area contributed by atoms with Gasteiger partial charge in [-0.1, -0.05) is 6.07 Å². The first-order chi connectivity index (χ1) is 10.8. The van der Waals surface area contributed by atoms with Crippen LogP contribution in [0.2, 0.25) is 0 Å². The van der Waals surface area contributed by atoms with E-state index in [4.69, 9.17) is 5.73 Å². The summed E-state index contributed by atoms with van der Waals surface area (Å²) in [5, 5.41) is 0. The van der Waals surface area contributed by atoms with Crippen LogP contribution in [0.15, 0.2) is 61.3 Å². The van der Waals surface area contributed by atoms with Crippen molar-refractivity contribution in [3.8, 4) is 22.5 Å². The maximum absolute atomic E-state index is 5.67. The van der Waals surface area contributed by atoms with Gasteiger partial charge in [0.05, 0.1) is 17.6 Å². The molecular formula is C16H12N6. The molecule has 4 aromatic rings. The largest absolute Gasteiger partial charge is 0.368 e. The monoisotopic (exact) mass is 288 g/mol. The third kappa shape index (κ3) is 2.07. The number of hydrogen-bond donors (Lipinski definition) is 1. The molecule has 0 aliphatic carbocycles. The van der Waals surface area contributed by atoms with E-state index in [9.17, 15) is 0 Å². The summed E-state index contributed by atoms with van der Waals surface area (Å²) in [7, 11) is 0. The van der Waals surface area contributed by atoms with E-state index >= 15 is 0 Å². The standard InChI is InChI=1S/C16H12N6/c17-16-19-7-5-13(21-16)14-9-20-15-4-3-12(10-22(14)15)11-2-1-6-18-8-11/h1-10H,(H2,17,19,21). The Morgan fingerprint density at radius 3 is 2.68 bits per heavy atom. The number of fused-ring (bicyclic) bond motifs is 1. The number of pyridine rings is 2. The van der Waals surface area contributed by atoms with Gasteiger partial charge in [0.15, 0.2) is 0 Å². The molecule has 4 heterocycles. The minimum Gasteiger partial charge on any atom is -0.368 e. The van der Waals surface area contributed by atoms with Crippen LogP contribution in [0.1, 0.15) is 0 Å². The predicted octanol–water partition coefficient (Wildman–Crippen LogP) is 2.44. The second-order valence-electron chi connectivity index (χ2n) is 4.83. The van der Waals surface area contributed by atoms with E-state index in [1.54, 1.807) is 18.6 Å². The Kier molecular flexibility index (Phi) is 2.79. The lowest BCUT2D eigenvalue weighted by atomic mass is 10.1. The Balaban J connectivity index is 1.91. The van der Waals surface area contributed by atoms with Gasteiger partial charge in [-0.05, 0) is 24.3 Å². The topological polar surface area (TPSA) is 82.0 Å². The van der Waals surface area contributed by atoms with Gasteiger partial charge in [0.2, 0.25) is 5.95 Å². The van der Waals surface area contributed by atoms with E-state index in [-0.39, 0.29) is 5.95 Å². The van der Waals surface area contributed by atoms with Crippen LogP contribution < -0.4 is 5.73 Å². The number of nitrogen functional groups attached to an aromatic ring is 1. The molecule has 0 unspecified atom stereocenters. The van der Waals surface area contributed by atoms with Gasteiger partial charge in [-0.3, -0.25) is 9.38 Å². The Hall–Kier alpha value is -3.28. The van der Waals surface area contributed by atoms with E-state index in [2.05, 4.69) is 19.9 Å². The summed E-state index contributed by atoms with van der Waals surface area (Å²) in [5.41, 5.74) is 10.2. The average Bonchev–Trinajstić information content (AvgIpc) is 2.99. The van der Waals surface area contributed by atoms with Crippen LogP contribution in [0.25, 0.3) is 28.2 Å². The minimum atomic E-state index is 0.246. The van der Waals surface area contributed by atoms with Crippen LogP contribution in [0, 0.1) is 0 Å². The van der Waals surface area contributed by atoms with Crippen LogP contribution in [0.3, 0.4) is 0 Å². The second-order valence-corrected chi connectivity index (χ2v) is 4.83. The molecule has 0 fully saturated rings. The van der Waals surface area contributed by atoms with E-state index in [1.165, 1.54) is 0 Å². The van der Waals surface area contributed by atoms with Gasteiger partial charge in [-0.15, -0.1) is 0 Å². The molecule has 0 amide bonds. The molecule has 0 saturated heterocycles. The average molecular weight is 288 g/mol. The molecule has 4 rings (SSSR count). The Bertz CT molecular complexity index is 945. The van der Waals surface area contributed by atoms with E-state index < -0.39 is 0 Å². The van der Waals surface area contributed by atoms with Gasteiger partial charge >= 0.3 is 0 Å². The number of nitrogens with two attached hydrogens (primary N) is 1. The maximum atomic E-state index is 5.67. The summed E-state index contributed by atoms with van der Waals surface area (Å²) in [4.78, 5) is 16.7. The summed E-state index contributed by atoms with van der Waals surface area (Å²) >= 11 is 0. The number of aromatic nitrogens is 5. The fourth-order valence-corrected chi connectivity index (χ4v) is 2.39. The van der Waals surface area contributed by atoms with Crippen molar-refractivity contribution in [3.05, 3.63) is 61.3 Å². The molecule has 2 N–H and O–H groups in total. The molecule has 0 aliphatic heterocycles. The number of imidazole rings is 1. The number of nitrogens with zero attached hydrogens (tertiary/aromatic N) is 5. The van der Waals surface area contributed by atoms with E-state index in [0.29, 0.717) is 0 Å². The number of hydrogen-bond acceptors (Lipinski definition) is 5. The molecule has 106 valence electrons. The van der Waals surface area contributed by atoms with Gasteiger partial charge in [-0.2, -0.15) is 0 Å². The van der Waals surface area contributed by atoms with Gasteiger partial charge in [0.1, 0.15) is 5.65 Å². The molecule has 0 aliphatic rings. The maximum Gasteiger partial charge on any atom is 0.220 e. The molecule has 4 aromatic heterocycles. The van der Waals surface area contributed by atoms with Gasteiger partial charge < -0.3 is 5.73 Å². The first-order valence-corrected chi connectivity index (χ1v) is 6.78. The Morgan fingerprint density at radius 1 is 0.909 bits per heavy atom. The highest BCUT2D eigenvalue weighted by Gasteiger charge is 2.09. The van der Waals surface area contributed by atoms with Crippen LogP contribution in [0.4, 0.5) is 5.95 Å². The first-order valence-electron chi connectivity index (χ1n) is 6.78. The van der Waals surface area contributed by atoms with Gasteiger partial charge in [0, 0.05) is 35.9 Å². The van der Waals surface area contributed by atoms with Crippen molar-refractivity contribution >= 4 is 11.6 Å². The van der Waals surface area contributed by atoms with Gasteiger partial charge in [0.25, 0.3) is 0 Å². The quantitative estimate of drug-likeness (QED) is 0.612. The summed E-state index contributed by atoms with van der Waals surface area (Å²) in [6.45, 7) is 0. The van der Waals surface area contributed by atoms with Crippen LogP contribution in [0.5, 0.6) is 0 Å². The summed E-state index contributed by atoms with van der Waals surface area (Å²) in [6, 6.07) is 9.75. The van der Waals surface area contributed by atoms with Crippen molar-refractivity contribution < 1.29 is 0 Å². The van der Waals surface area contributed by atoms with E-state index in [0.717, 1.165) is 28.2 Å². The molecule has 0 bridgehead atoms. The van der Waals surface area contributed by atoms with Crippen LogP contribution in [-0.4, -0.2) is 24.3 Å². The summed E-state index contributed by atoms with van der Waals surface area (Å²) in [5.74, 6) is 0.246. The highest BCUT2D eigenvalue weighted by atomic mass is 15.0. The van der Waals surface area contributed by atoms with Crippen molar-refractivity contribution in [2.75, 3.05) is 5.73 Å². The lowest BCUT2D eigenvalue weighted by Crippen LogP contribution is -1.97. The molecule has 6 heteroatoms. The van der Waals surface area contributed by atoms with Crippen molar-refractivity contribution in [3.63, 3.8) is 0 Å². The SMILES string of the molecule is Nc1nccc(-c2cnc3ccc(-c4cccnc4)cn23)n1. The molecule has 22 heavy (non-hydrogen) atoms. The number of rotatable bonds is 2. The van der Waals surface area contributed by atoms with Crippen LogP contribution in [-0.2, 0) is 0 Å². The smallest absolute Gasteiger partial charge is 0.220 e. The molecule has 0 atom stereocenters. The van der Waals surface area contributed by atoms with Crippen molar-refractivity contribution in [2.45, 2.75) is 0 Å². The Labute approximate surface area is 126 Å². The fourth-order valence-electron chi connectivity index (χ4n) is 2.39. The zero-order chi connectivity index (χ0) is 14.9. The highest BCUT2D eigenvalue weighted by Crippen LogP contribution is 2.23. The van der Waals surface area contributed by atoms with E-state index in [1.807, 2.05) is 47.1 Å². The lowest BCUT2D eigenvalue weighted by molar-refractivity contribution is 1.14. The van der Waals surface area contributed by atoms with Crippen molar-refractivity contribution in [1.29, 1.82) is 0 Å². The van der Waals surface area contributed by atoms with Gasteiger partial charge in [-0.25, -0.2) is 15.0 Å². The van der Waals surface area contributed by atoms with Crippen molar-refractivity contribution in [2.24, 2.45) is 0 Å². The van der Waals surface area contributed by atoms with Crippen molar-refractivity contribution in [1.82, 2.24) is 24.3 Å². The normalized spacial score (nSPS) is 10.9. The third-order valence-electron chi connectivity index (χ3n) is 3.44. The second kappa shape index (κ2) is 4.92. The lowest BCUT2D eigenvalue weighted by Gasteiger charge is -2.05. The predicted molar refractivity (Wildman–Crippen MR) is 83.9 cm³/mol. The third-order valence-corrected chi connectivity index (χ3v) is 3.44. The first kappa shape index (κ1) is 12.5. The zero-order valence-corrected chi connectivity index (χ0v) is 11.6. The minimum absolute atomic E-state index is 0.246. The highest BCUT2D eigenvalue weighted by molar-refractivity contribution is 5.67. The Morgan fingerprint density at radius 2 is 1.86 bits per heavy atom. The molecule has 0 saturated carbocycles. The molecular weight excluding hydrogens is 276 g/mol. The summed E-state index contributed by atoms with van der Waals surface area (Å²) in [6.07, 6.45) is 9.04. The van der Waals surface area contributed by atoms with Crippen LogP contribution >= 0.6 is 0 Å². The summed E-state index contributed by atoms with van der Waals surface area (Å²) < 4.78 is 1.99.